The van der Waals surface area contributed by atoms with E-state index in [9.17, 15) is 20.1 Å². The molecular formula is C14H29O5Ti. The van der Waals surface area contributed by atoms with Crippen LogP contribution in [0, 0.1) is 0 Å². The molecule has 20 heavy (non-hydrogen) atoms. The molecule has 0 aliphatic carbocycles. The summed E-state index contributed by atoms with van der Waals surface area (Å²) in [5.41, 5.74) is 0. The van der Waals surface area contributed by atoms with Gasteiger partial charge >= 0.3 is 27.7 Å². The predicted molar refractivity (Wildman–Crippen MR) is 72.2 cm³/mol. The summed E-state index contributed by atoms with van der Waals surface area (Å²) >= 11 is 0. The van der Waals surface area contributed by atoms with E-state index in [1.807, 2.05) is 0 Å². The van der Waals surface area contributed by atoms with Gasteiger partial charge < -0.3 is 20.1 Å². The Kier molecular flexibility index (Phi) is 43.5. The van der Waals surface area contributed by atoms with E-state index in [2.05, 4.69) is 11.3 Å². The van der Waals surface area contributed by atoms with Gasteiger partial charge in [-0.05, 0) is 0 Å². The Morgan fingerprint density at radius 3 is 1.25 bits per heavy atom. The van der Waals surface area contributed by atoms with Crippen LogP contribution in [0.4, 0.5) is 0 Å². The maximum Gasteiger partial charge on any atom is 3.00 e. The molecule has 0 fully saturated rings. The Morgan fingerprint density at radius 2 is 1.20 bits per heavy atom. The minimum absolute atomic E-state index is 0. The van der Waals surface area contributed by atoms with E-state index < -0.39 is 18.3 Å². The SMILES string of the molecule is C=CCOC(C)=O.CC(C)[O-].CC(C)[O-].CC(C)[O-].[Ti+3]. The van der Waals surface area contributed by atoms with Crippen LogP contribution in [0.2, 0.25) is 0 Å². The average molecular weight is 325 g/mol. The van der Waals surface area contributed by atoms with Crippen molar-refractivity contribution in [3.05, 3.63) is 12.7 Å². The molecule has 0 aromatic rings. The largest absolute Gasteiger partial charge is 3.00 e. The minimum atomic E-state index is -0.417. The zero-order valence-electron chi connectivity index (χ0n) is 13.8. The number of ether oxygens (including phenoxy) is 1. The van der Waals surface area contributed by atoms with Crippen molar-refractivity contribution in [2.45, 2.75) is 66.8 Å². The number of carbonyl (C=O) groups is 1. The molecule has 119 valence electrons. The summed E-state index contributed by atoms with van der Waals surface area (Å²) in [6, 6.07) is 0. The predicted octanol–water partition coefficient (Wildman–Crippen LogP) is -0.00170. The summed E-state index contributed by atoms with van der Waals surface area (Å²) in [4.78, 5) is 9.93. The van der Waals surface area contributed by atoms with E-state index >= 15 is 0 Å². The molecule has 0 unspecified atom stereocenters. The maximum atomic E-state index is 9.93. The van der Waals surface area contributed by atoms with Gasteiger partial charge in [0.1, 0.15) is 6.61 Å². The van der Waals surface area contributed by atoms with E-state index in [-0.39, 0.29) is 27.7 Å². The van der Waals surface area contributed by atoms with Crippen LogP contribution in [0.5, 0.6) is 0 Å². The monoisotopic (exact) mass is 325 g/mol. The molecule has 5 nitrogen and oxygen atoms in total. The normalized spacial score (nSPS) is 8.05. The van der Waals surface area contributed by atoms with Gasteiger partial charge in [-0.25, -0.2) is 0 Å². The molecule has 0 aromatic carbocycles. The Labute approximate surface area is 138 Å². The van der Waals surface area contributed by atoms with Crippen LogP contribution in [0.1, 0.15) is 48.5 Å². The Balaban J connectivity index is -0.0000000512. The summed E-state index contributed by atoms with van der Waals surface area (Å²) in [6.45, 7) is 14.7. The summed E-state index contributed by atoms with van der Waals surface area (Å²) in [7, 11) is 0. The first kappa shape index (κ1) is 32.0. The molecule has 0 saturated heterocycles. The molecule has 0 rings (SSSR count). The second-order valence-electron chi connectivity index (χ2n) is 4.24. The van der Waals surface area contributed by atoms with Crippen molar-refractivity contribution in [3.63, 3.8) is 0 Å². The average Bonchev–Trinajstić information content (AvgIpc) is 2.11. The van der Waals surface area contributed by atoms with Gasteiger partial charge in [0.2, 0.25) is 0 Å². The van der Waals surface area contributed by atoms with E-state index in [4.69, 9.17) is 0 Å². The smallest absolute Gasteiger partial charge is 0.852 e. The molecular weight excluding hydrogens is 296 g/mol. The van der Waals surface area contributed by atoms with Crippen LogP contribution >= 0.6 is 0 Å². The Bertz CT molecular complexity index is 160. The number of rotatable bonds is 2. The van der Waals surface area contributed by atoms with Gasteiger partial charge in [0.05, 0.1) is 0 Å². The van der Waals surface area contributed by atoms with Crippen molar-refractivity contribution in [1.29, 1.82) is 0 Å². The van der Waals surface area contributed by atoms with Gasteiger partial charge in [-0.3, -0.25) is 4.79 Å². The standard InChI is InChI=1S/C5H8O2.3C3H7O.Ti/c1-3-4-7-5(2)6;3*1-3(2)4;/h3H,1,4H2,2H3;3*3H,1-2H3;/q;3*-1;+3. The second-order valence-corrected chi connectivity index (χ2v) is 4.24. The first-order valence-electron chi connectivity index (χ1n) is 6.18. The van der Waals surface area contributed by atoms with Crippen LogP contribution in [-0.2, 0) is 31.2 Å². The fourth-order valence-electron chi connectivity index (χ4n) is 0.176. The third-order valence-electron chi connectivity index (χ3n) is 0.404. The van der Waals surface area contributed by atoms with Gasteiger partial charge in [0.25, 0.3) is 0 Å². The fraction of sp³-hybridized carbons (Fsp3) is 0.786. The first-order chi connectivity index (χ1) is 8.47. The van der Waals surface area contributed by atoms with Gasteiger partial charge in [-0.1, -0.05) is 54.2 Å². The minimum Gasteiger partial charge on any atom is -0.852 e. The van der Waals surface area contributed by atoms with Crippen LogP contribution in [0.25, 0.3) is 0 Å². The topological polar surface area (TPSA) is 95.5 Å². The van der Waals surface area contributed by atoms with Crippen molar-refractivity contribution in [2.75, 3.05) is 6.61 Å². The van der Waals surface area contributed by atoms with Crippen LogP contribution < -0.4 is 15.3 Å². The van der Waals surface area contributed by atoms with Crippen LogP contribution in [-0.4, -0.2) is 30.9 Å². The third kappa shape index (κ3) is 347. The van der Waals surface area contributed by atoms with E-state index in [0.29, 0.717) is 6.61 Å². The molecule has 0 atom stereocenters. The van der Waals surface area contributed by atoms with E-state index in [1.165, 1.54) is 13.0 Å². The zero-order valence-corrected chi connectivity index (χ0v) is 15.3. The van der Waals surface area contributed by atoms with Crippen molar-refractivity contribution >= 4 is 5.97 Å². The molecule has 6 heteroatoms. The van der Waals surface area contributed by atoms with Crippen LogP contribution in [0.15, 0.2) is 12.7 Å². The molecule has 0 saturated carbocycles. The third-order valence-corrected chi connectivity index (χ3v) is 0.404. The summed E-state index contributed by atoms with van der Waals surface area (Å²) in [6.07, 6.45) is 0.279. The molecule has 0 amide bonds. The van der Waals surface area contributed by atoms with Crippen molar-refractivity contribution < 1.29 is 46.6 Å². The van der Waals surface area contributed by atoms with Gasteiger partial charge in [-0.15, -0.1) is 18.3 Å². The molecule has 0 bridgehead atoms. The second kappa shape index (κ2) is 27.2. The quantitative estimate of drug-likeness (QED) is 0.404. The molecule has 0 N–H and O–H groups in total. The zero-order chi connectivity index (χ0) is 16.4. The molecule has 1 radical (unpaired) electrons. The number of carbonyl (C=O) groups excluding carboxylic acids is 1. The van der Waals surface area contributed by atoms with Crippen LogP contribution in [0.3, 0.4) is 0 Å². The van der Waals surface area contributed by atoms with E-state index in [0.717, 1.165) is 0 Å². The maximum absolute atomic E-state index is 9.93. The van der Waals surface area contributed by atoms with Gasteiger partial charge in [-0.2, -0.15) is 0 Å². The molecule has 0 spiro atoms. The molecule has 0 aliphatic heterocycles. The van der Waals surface area contributed by atoms with Crippen molar-refractivity contribution in [3.8, 4) is 0 Å². The molecule has 0 heterocycles. The Morgan fingerprint density at radius 1 is 1.00 bits per heavy atom. The summed E-state index contributed by atoms with van der Waals surface area (Å²) in [5, 5.41) is 28.6. The van der Waals surface area contributed by atoms with Gasteiger partial charge in [0.15, 0.2) is 0 Å². The Hall–Kier alpha value is -0.196. The number of hydrogen-bond acceptors (Lipinski definition) is 5. The fourth-order valence-corrected chi connectivity index (χ4v) is 0.176. The molecule has 0 aromatic heterocycles. The number of esters is 1. The molecule has 0 aliphatic rings. The summed E-state index contributed by atoms with van der Waals surface area (Å²) < 4.78 is 4.43. The number of hydrogen-bond donors (Lipinski definition) is 0. The van der Waals surface area contributed by atoms with Crippen molar-refractivity contribution in [1.82, 2.24) is 0 Å². The van der Waals surface area contributed by atoms with Gasteiger partial charge in [0, 0.05) is 6.92 Å². The summed E-state index contributed by atoms with van der Waals surface area (Å²) in [5.74, 6) is -0.264. The van der Waals surface area contributed by atoms with Crippen molar-refractivity contribution in [2.24, 2.45) is 0 Å². The van der Waals surface area contributed by atoms with E-state index in [1.54, 1.807) is 41.5 Å². The first-order valence-corrected chi connectivity index (χ1v) is 6.18.